The smallest absolute Gasteiger partial charge is 0.410 e. The largest absolute Gasteiger partial charge is 0.444 e. The number of alkyl halides is 3. The molecule has 1 aliphatic heterocycles. The summed E-state index contributed by atoms with van der Waals surface area (Å²) in [6, 6.07) is 0. The van der Waals surface area contributed by atoms with Gasteiger partial charge in [0.25, 0.3) is 0 Å². The molecule has 1 rings (SSSR count). The second-order valence-electron chi connectivity index (χ2n) is 4.62. The molecule has 1 heterocycles. The van der Waals surface area contributed by atoms with Gasteiger partial charge in [-0.25, -0.2) is 4.79 Å². The molecular weight excluding hydrogens is 211 g/mol. The SMILES string of the molecule is CC(C)(C)OC(=O)N1CC(C(F)(F)F)C1. The number of carbonyl (C=O) groups is 1. The van der Waals surface area contributed by atoms with Gasteiger partial charge in [-0.1, -0.05) is 0 Å². The molecule has 88 valence electrons. The number of halogens is 3. The van der Waals surface area contributed by atoms with E-state index >= 15 is 0 Å². The summed E-state index contributed by atoms with van der Waals surface area (Å²) < 4.78 is 41.2. The Hall–Kier alpha value is -0.940. The van der Waals surface area contributed by atoms with Gasteiger partial charge in [-0.3, -0.25) is 0 Å². The monoisotopic (exact) mass is 225 g/mol. The fourth-order valence-electron chi connectivity index (χ4n) is 1.16. The summed E-state index contributed by atoms with van der Waals surface area (Å²) in [6.07, 6.45) is -4.89. The molecule has 0 atom stereocenters. The lowest BCUT2D eigenvalue weighted by Gasteiger charge is -2.40. The predicted octanol–water partition coefficient (Wildman–Crippen LogP) is 2.42. The zero-order chi connectivity index (χ0) is 11.9. The van der Waals surface area contributed by atoms with Crippen molar-refractivity contribution < 1.29 is 22.7 Å². The van der Waals surface area contributed by atoms with Gasteiger partial charge in [0, 0.05) is 13.1 Å². The van der Waals surface area contributed by atoms with E-state index in [9.17, 15) is 18.0 Å². The lowest BCUT2D eigenvalue weighted by molar-refractivity contribution is -0.205. The molecule has 0 aromatic rings. The molecule has 0 saturated carbocycles. The van der Waals surface area contributed by atoms with Crippen LogP contribution in [0, 0.1) is 5.92 Å². The first-order chi connectivity index (χ1) is 6.59. The molecule has 1 saturated heterocycles. The fourth-order valence-corrected chi connectivity index (χ4v) is 1.16. The van der Waals surface area contributed by atoms with Gasteiger partial charge >= 0.3 is 12.3 Å². The maximum atomic E-state index is 12.1. The highest BCUT2D eigenvalue weighted by Gasteiger charge is 2.49. The number of hydrogen-bond donors (Lipinski definition) is 0. The van der Waals surface area contributed by atoms with Crippen LogP contribution >= 0.6 is 0 Å². The normalized spacial score (nSPS) is 18.7. The standard InChI is InChI=1S/C9H14F3NO2/c1-8(2,3)15-7(14)13-4-6(5-13)9(10,11)12/h6H,4-5H2,1-3H3. The molecule has 6 heteroatoms. The third kappa shape index (κ3) is 3.28. The van der Waals surface area contributed by atoms with Crippen LogP contribution in [0.3, 0.4) is 0 Å². The topological polar surface area (TPSA) is 29.5 Å². The van der Waals surface area contributed by atoms with Crippen molar-refractivity contribution in [2.24, 2.45) is 5.92 Å². The Bertz CT molecular complexity index is 251. The van der Waals surface area contributed by atoms with E-state index in [0.29, 0.717) is 0 Å². The first-order valence-corrected chi connectivity index (χ1v) is 4.64. The number of rotatable bonds is 0. The van der Waals surface area contributed by atoms with Gasteiger partial charge in [-0.15, -0.1) is 0 Å². The van der Waals surface area contributed by atoms with Crippen LogP contribution in [0.15, 0.2) is 0 Å². The first kappa shape index (κ1) is 12.1. The van der Waals surface area contributed by atoms with Gasteiger partial charge in [0.05, 0.1) is 5.92 Å². The van der Waals surface area contributed by atoms with Gasteiger partial charge in [0.2, 0.25) is 0 Å². The molecule has 3 nitrogen and oxygen atoms in total. The van der Waals surface area contributed by atoms with Crippen LogP contribution in [-0.2, 0) is 4.74 Å². The molecule has 0 aromatic heterocycles. The maximum Gasteiger partial charge on any atom is 0.410 e. The van der Waals surface area contributed by atoms with Gasteiger partial charge in [0.1, 0.15) is 5.60 Å². The number of nitrogens with zero attached hydrogens (tertiary/aromatic N) is 1. The third-order valence-electron chi connectivity index (χ3n) is 2.00. The average molecular weight is 225 g/mol. The molecule has 0 aliphatic carbocycles. The minimum atomic E-state index is -4.21. The Labute approximate surface area is 86.2 Å². The lowest BCUT2D eigenvalue weighted by Crippen LogP contribution is -2.56. The summed E-state index contributed by atoms with van der Waals surface area (Å²) in [5.41, 5.74) is -0.666. The molecule has 0 spiro atoms. The number of amides is 1. The minimum absolute atomic E-state index is 0.293. The average Bonchev–Trinajstić information content (AvgIpc) is 1.72. The minimum Gasteiger partial charge on any atom is -0.444 e. The molecule has 0 bridgehead atoms. The first-order valence-electron chi connectivity index (χ1n) is 4.64. The summed E-state index contributed by atoms with van der Waals surface area (Å²) in [5.74, 6) is -1.40. The van der Waals surface area contributed by atoms with Gasteiger partial charge in [0.15, 0.2) is 0 Å². The molecule has 0 unspecified atom stereocenters. The number of likely N-dealkylation sites (tertiary alicyclic amines) is 1. The Morgan fingerprint density at radius 1 is 1.27 bits per heavy atom. The maximum absolute atomic E-state index is 12.1. The van der Waals surface area contributed by atoms with E-state index in [0.717, 1.165) is 4.90 Å². The van der Waals surface area contributed by atoms with Crippen molar-refractivity contribution in [2.75, 3.05) is 13.1 Å². The van der Waals surface area contributed by atoms with Crippen LogP contribution in [0.4, 0.5) is 18.0 Å². The molecule has 0 aromatic carbocycles. The highest BCUT2D eigenvalue weighted by molar-refractivity contribution is 5.69. The molecule has 15 heavy (non-hydrogen) atoms. The quantitative estimate of drug-likeness (QED) is 0.633. The predicted molar refractivity (Wildman–Crippen MR) is 47.4 cm³/mol. The third-order valence-corrected chi connectivity index (χ3v) is 2.00. The number of carbonyl (C=O) groups excluding carboxylic acids is 1. The van der Waals surface area contributed by atoms with Crippen LogP contribution in [0.25, 0.3) is 0 Å². The Balaban J connectivity index is 2.37. The second kappa shape index (κ2) is 3.57. The lowest BCUT2D eigenvalue weighted by atomic mass is 10.0. The van der Waals surface area contributed by atoms with Crippen molar-refractivity contribution in [1.29, 1.82) is 0 Å². The van der Waals surface area contributed by atoms with Gasteiger partial charge < -0.3 is 9.64 Å². The van der Waals surface area contributed by atoms with E-state index in [1.807, 2.05) is 0 Å². The zero-order valence-corrected chi connectivity index (χ0v) is 8.89. The molecule has 1 fully saturated rings. The van der Waals surface area contributed by atoms with E-state index in [2.05, 4.69) is 0 Å². The van der Waals surface area contributed by atoms with Gasteiger partial charge in [-0.2, -0.15) is 13.2 Å². The van der Waals surface area contributed by atoms with Crippen molar-refractivity contribution in [3.05, 3.63) is 0 Å². The summed E-state index contributed by atoms with van der Waals surface area (Å²) in [6.45, 7) is 4.43. The van der Waals surface area contributed by atoms with Crippen LogP contribution in [0.2, 0.25) is 0 Å². The van der Waals surface area contributed by atoms with Crippen LogP contribution in [0.1, 0.15) is 20.8 Å². The zero-order valence-electron chi connectivity index (χ0n) is 8.89. The van der Waals surface area contributed by atoms with Crippen molar-refractivity contribution >= 4 is 6.09 Å². The summed E-state index contributed by atoms with van der Waals surface area (Å²) in [7, 11) is 0. The van der Waals surface area contributed by atoms with Crippen LogP contribution in [-0.4, -0.2) is 35.9 Å². The van der Waals surface area contributed by atoms with E-state index < -0.39 is 23.8 Å². The highest BCUT2D eigenvalue weighted by Crippen LogP contribution is 2.33. The summed E-state index contributed by atoms with van der Waals surface area (Å²) in [5, 5.41) is 0. The highest BCUT2D eigenvalue weighted by atomic mass is 19.4. The Morgan fingerprint density at radius 3 is 2.07 bits per heavy atom. The Kier molecular flexibility index (Phi) is 2.89. The van der Waals surface area contributed by atoms with Crippen LogP contribution < -0.4 is 0 Å². The van der Waals surface area contributed by atoms with Crippen molar-refractivity contribution in [3.63, 3.8) is 0 Å². The second-order valence-corrected chi connectivity index (χ2v) is 4.62. The van der Waals surface area contributed by atoms with Crippen molar-refractivity contribution in [3.8, 4) is 0 Å². The number of ether oxygens (including phenoxy) is 1. The van der Waals surface area contributed by atoms with Gasteiger partial charge in [-0.05, 0) is 20.8 Å². The summed E-state index contributed by atoms with van der Waals surface area (Å²) in [4.78, 5) is 12.3. The molecule has 1 aliphatic rings. The van der Waals surface area contributed by atoms with E-state index in [1.165, 1.54) is 0 Å². The molecule has 1 amide bonds. The Morgan fingerprint density at radius 2 is 1.73 bits per heavy atom. The van der Waals surface area contributed by atoms with Crippen molar-refractivity contribution in [2.45, 2.75) is 32.5 Å². The van der Waals surface area contributed by atoms with Crippen LogP contribution in [0.5, 0.6) is 0 Å². The van der Waals surface area contributed by atoms with E-state index in [1.54, 1.807) is 20.8 Å². The summed E-state index contributed by atoms with van der Waals surface area (Å²) >= 11 is 0. The molecule has 0 N–H and O–H groups in total. The fraction of sp³-hybridized carbons (Fsp3) is 0.889. The molecular formula is C9H14F3NO2. The molecule has 0 radical (unpaired) electrons. The van der Waals surface area contributed by atoms with Crippen molar-refractivity contribution in [1.82, 2.24) is 4.90 Å². The van der Waals surface area contributed by atoms with E-state index in [4.69, 9.17) is 4.74 Å². The van der Waals surface area contributed by atoms with E-state index in [-0.39, 0.29) is 13.1 Å². The number of hydrogen-bond acceptors (Lipinski definition) is 2.